The van der Waals surface area contributed by atoms with Crippen molar-refractivity contribution < 1.29 is 14.7 Å². The average Bonchev–Trinajstić information content (AvgIpc) is 3.51. The summed E-state index contributed by atoms with van der Waals surface area (Å²) in [6, 6.07) is 4.52. The van der Waals surface area contributed by atoms with Gasteiger partial charge in [-0.15, -0.1) is 0 Å². The van der Waals surface area contributed by atoms with Gasteiger partial charge in [-0.25, -0.2) is 0 Å². The third kappa shape index (κ3) is 3.80. The number of amides is 1. The predicted octanol–water partition coefficient (Wildman–Crippen LogP) is 4.15. The molecule has 0 aromatic heterocycles. The van der Waals surface area contributed by atoms with Crippen LogP contribution in [0.15, 0.2) is 29.5 Å². The Morgan fingerprint density at radius 1 is 1.07 bits per heavy atom. The van der Waals surface area contributed by atoms with Gasteiger partial charge in [0.05, 0.1) is 21.7 Å². The van der Waals surface area contributed by atoms with E-state index in [1.165, 1.54) is 19.3 Å². The molecule has 0 radical (unpaired) electrons. The van der Waals surface area contributed by atoms with Crippen LogP contribution < -0.4 is 0 Å². The molecule has 2 heterocycles. The van der Waals surface area contributed by atoms with Gasteiger partial charge in [0.1, 0.15) is 0 Å². The highest BCUT2D eigenvalue weighted by atomic mass is 35.5. The van der Waals surface area contributed by atoms with E-state index in [9.17, 15) is 14.7 Å². The number of rotatable bonds is 6. The SMILES string of the molecule is O=C(C1=C(O)C(=O)N(CCN2CCCCC2)C1c1ccc(Cl)c(Cl)c1)C1CC1. The standard InChI is InChI=1S/C21H24Cl2N2O3/c22-15-7-6-14(12-16(15)23)18-17(19(26)13-4-5-13)20(27)21(28)25(18)11-10-24-8-2-1-3-9-24/h6-7,12-13,18,27H,1-5,8-11H2. The molecule has 5 nitrogen and oxygen atoms in total. The molecular formula is C21H24Cl2N2O3. The smallest absolute Gasteiger partial charge is 0.290 e. The fourth-order valence-corrected chi connectivity index (χ4v) is 4.47. The summed E-state index contributed by atoms with van der Waals surface area (Å²) < 4.78 is 0. The second-order valence-corrected chi connectivity index (χ2v) is 8.69. The minimum absolute atomic E-state index is 0.0859. The molecule has 150 valence electrons. The monoisotopic (exact) mass is 422 g/mol. The number of halogens is 2. The number of piperidine rings is 1. The number of aliphatic hydroxyl groups is 1. The first-order valence-electron chi connectivity index (χ1n) is 9.93. The second kappa shape index (κ2) is 8.05. The van der Waals surface area contributed by atoms with Gasteiger partial charge in [-0.05, 0) is 56.5 Å². The van der Waals surface area contributed by atoms with Crippen LogP contribution in [0.3, 0.4) is 0 Å². The summed E-state index contributed by atoms with van der Waals surface area (Å²) in [5.41, 5.74) is 0.916. The van der Waals surface area contributed by atoms with E-state index < -0.39 is 17.7 Å². The topological polar surface area (TPSA) is 60.9 Å². The maximum Gasteiger partial charge on any atom is 0.290 e. The van der Waals surface area contributed by atoms with Crippen molar-refractivity contribution in [1.82, 2.24) is 9.80 Å². The molecule has 7 heteroatoms. The zero-order valence-corrected chi connectivity index (χ0v) is 17.2. The number of hydrogen-bond acceptors (Lipinski definition) is 4. The molecule has 1 saturated heterocycles. The minimum atomic E-state index is -0.611. The molecule has 1 N–H and O–H groups in total. The molecule has 3 aliphatic rings. The Bertz CT molecular complexity index is 829. The van der Waals surface area contributed by atoms with Gasteiger partial charge >= 0.3 is 0 Å². The van der Waals surface area contributed by atoms with E-state index in [2.05, 4.69) is 4.90 Å². The van der Waals surface area contributed by atoms with Crippen molar-refractivity contribution in [2.45, 2.75) is 38.1 Å². The molecule has 1 unspecified atom stereocenters. The Morgan fingerprint density at radius 3 is 2.43 bits per heavy atom. The quantitative estimate of drug-likeness (QED) is 0.747. The number of likely N-dealkylation sites (tertiary alicyclic amines) is 1. The van der Waals surface area contributed by atoms with Crippen LogP contribution in [0.2, 0.25) is 10.0 Å². The molecule has 2 aliphatic heterocycles. The Kier molecular flexibility index (Phi) is 5.68. The van der Waals surface area contributed by atoms with Crippen molar-refractivity contribution in [3.63, 3.8) is 0 Å². The van der Waals surface area contributed by atoms with Gasteiger partial charge in [0.2, 0.25) is 0 Å². The van der Waals surface area contributed by atoms with E-state index in [-0.39, 0.29) is 17.3 Å². The van der Waals surface area contributed by atoms with Crippen LogP contribution in [-0.4, -0.2) is 52.8 Å². The first-order chi connectivity index (χ1) is 13.5. The lowest BCUT2D eigenvalue weighted by molar-refractivity contribution is -0.129. The van der Waals surface area contributed by atoms with Gasteiger partial charge < -0.3 is 14.9 Å². The first-order valence-corrected chi connectivity index (χ1v) is 10.7. The normalized spacial score (nSPS) is 23.6. The van der Waals surface area contributed by atoms with Gasteiger partial charge in [0.25, 0.3) is 5.91 Å². The number of carbonyl (C=O) groups is 2. The highest BCUT2D eigenvalue weighted by Crippen LogP contribution is 2.44. The van der Waals surface area contributed by atoms with E-state index in [1.807, 2.05) is 0 Å². The van der Waals surface area contributed by atoms with E-state index in [0.717, 1.165) is 32.5 Å². The lowest BCUT2D eigenvalue weighted by atomic mass is 9.94. The summed E-state index contributed by atoms with van der Waals surface area (Å²) in [7, 11) is 0. The predicted molar refractivity (Wildman–Crippen MR) is 109 cm³/mol. The summed E-state index contributed by atoms with van der Waals surface area (Å²) in [5.74, 6) is -1.09. The van der Waals surface area contributed by atoms with Crippen LogP contribution in [0, 0.1) is 5.92 Å². The molecular weight excluding hydrogens is 399 g/mol. The molecule has 1 aromatic carbocycles. The Balaban J connectivity index is 1.64. The van der Waals surface area contributed by atoms with E-state index in [1.54, 1.807) is 23.1 Å². The second-order valence-electron chi connectivity index (χ2n) is 7.88. The van der Waals surface area contributed by atoms with Crippen molar-refractivity contribution in [2.75, 3.05) is 26.2 Å². The van der Waals surface area contributed by atoms with Crippen LogP contribution in [0.4, 0.5) is 0 Å². The third-order valence-corrected chi connectivity index (χ3v) is 6.62. The number of carbonyl (C=O) groups excluding carboxylic acids is 2. The zero-order valence-electron chi connectivity index (χ0n) is 15.7. The fraction of sp³-hybridized carbons (Fsp3) is 0.524. The van der Waals surface area contributed by atoms with Crippen LogP contribution in [0.1, 0.15) is 43.7 Å². The summed E-state index contributed by atoms with van der Waals surface area (Å²) in [5, 5.41) is 11.3. The largest absolute Gasteiger partial charge is 0.503 e. The highest BCUT2D eigenvalue weighted by Gasteiger charge is 2.47. The van der Waals surface area contributed by atoms with Crippen LogP contribution >= 0.6 is 23.2 Å². The average molecular weight is 423 g/mol. The van der Waals surface area contributed by atoms with Crippen molar-refractivity contribution in [1.29, 1.82) is 0 Å². The highest BCUT2D eigenvalue weighted by molar-refractivity contribution is 6.42. The van der Waals surface area contributed by atoms with Crippen LogP contribution in [0.25, 0.3) is 0 Å². The third-order valence-electron chi connectivity index (χ3n) is 5.88. The molecule has 1 aromatic rings. The van der Waals surface area contributed by atoms with Crippen molar-refractivity contribution in [3.8, 4) is 0 Å². The van der Waals surface area contributed by atoms with Crippen molar-refractivity contribution in [2.24, 2.45) is 5.92 Å². The number of hydrogen-bond donors (Lipinski definition) is 1. The Morgan fingerprint density at radius 2 is 1.79 bits per heavy atom. The molecule has 2 fully saturated rings. The van der Waals surface area contributed by atoms with Gasteiger partial charge in [0.15, 0.2) is 11.5 Å². The molecule has 0 bridgehead atoms. The number of benzene rings is 1. The Labute approximate surface area is 174 Å². The van der Waals surface area contributed by atoms with Crippen molar-refractivity contribution in [3.05, 3.63) is 45.1 Å². The van der Waals surface area contributed by atoms with Gasteiger partial charge in [-0.1, -0.05) is 35.7 Å². The Hall–Kier alpha value is -1.56. The minimum Gasteiger partial charge on any atom is -0.503 e. The maximum absolute atomic E-state index is 12.9. The zero-order chi connectivity index (χ0) is 19.8. The van der Waals surface area contributed by atoms with E-state index >= 15 is 0 Å². The summed E-state index contributed by atoms with van der Waals surface area (Å²) in [6.07, 6.45) is 5.20. The van der Waals surface area contributed by atoms with Gasteiger partial charge in [0, 0.05) is 19.0 Å². The summed E-state index contributed by atoms with van der Waals surface area (Å²) >= 11 is 12.3. The number of ketones is 1. The summed E-state index contributed by atoms with van der Waals surface area (Å²) in [4.78, 5) is 29.7. The lowest BCUT2D eigenvalue weighted by Crippen LogP contribution is -2.40. The molecule has 28 heavy (non-hydrogen) atoms. The number of Topliss-reactive ketones (excluding diaryl/α,β-unsaturated/α-hetero) is 1. The fourth-order valence-electron chi connectivity index (χ4n) is 4.16. The summed E-state index contributed by atoms with van der Waals surface area (Å²) in [6.45, 7) is 3.22. The first kappa shape index (κ1) is 19.7. The molecule has 1 atom stereocenters. The molecule has 1 amide bonds. The maximum atomic E-state index is 12.9. The van der Waals surface area contributed by atoms with Gasteiger partial charge in [-0.3, -0.25) is 9.59 Å². The van der Waals surface area contributed by atoms with Crippen LogP contribution in [-0.2, 0) is 9.59 Å². The molecule has 4 rings (SSSR count). The number of nitrogens with zero attached hydrogens (tertiary/aromatic N) is 2. The van der Waals surface area contributed by atoms with Crippen molar-refractivity contribution >= 4 is 34.9 Å². The molecule has 1 aliphatic carbocycles. The molecule has 1 saturated carbocycles. The van der Waals surface area contributed by atoms with Crippen LogP contribution in [0.5, 0.6) is 0 Å². The molecule has 0 spiro atoms. The lowest BCUT2D eigenvalue weighted by Gasteiger charge is -2.31. The van der Waals surface area contributed by atoms with E-state index in [0.29, 0.717) is 22.2 Å². The number of aliphatic hydroxyl groups excluding tert-OH is 1. The van der Waals surface area contributed by atoms with Gasteiger partial charge in [-0.2, -0.15) is 0 Å². The van der Waals surface area contributed by atoms with E-state index in [4.69, 9.17) is 23.2 Å².